The number of aryl methyl sites for hydroxylation is 2. The Bertz CT molecular complexity index is 498. The molecule has 1 heteroatoms. The second kappa shape index (κ2) is 3.09. The Morgan fingerprint density at radius 1 is 1.00 bits per heavy atom. The maximum absolute atomic E-state index is 13.8. The molecule has 0 saturated carbocycles. The molecule has 0 aromatic heterocycles. The molecule has 0 saturated heterocycles. The fourth-order valence-electron chi connectivity index (χ4n) is 1.72. The van der Waals surface area contributed by atoms with Gasteiger partial charge in [0.05, 0.1) is 0 Å². The molecule has 14 heavy (non-hydrogen) atoms. The molecule has 0 amide bonds. The first kappa shape index (κ1) is 9.20. The number of rotatable bonds is 0. The summed E-state index contributed by atoms with van der Waals surface area (Å²) in [5.74, 6) is -0.0833. The standard InChI is InChI=1S/C13H13F/c1-8-4-5-12-11(6-8)7-9(2)10(3)13(12)14/h4-7H,1-3H3. The van der Waals surface area contributed by atoms with Crippen LogP contribution in [-0.2, 0) is 0 Å². The molecule has 0 aliphatic rings. The van der Waals surface area contributed by atoms with Crippen molar-refractivity contribution < 1.29 is 4.39 Å². The molecule has 0 fully saturated rings. The minimum Gasteiger partial charge on any atom is -0.206 e. The van der Waals surface area contributed by atoms with Crippen LogP contribution >= 0.6 is 0 Å². The van der Waals surface area contributed by atoms with Crippen LogP contribution in [0.25, 0.3) is 10.8 Å². The van der Waals surface area contributed by atoms with Crippen molar-refractivity contribution >= 4 is 10.8 Å². The van der Waals surface area contributed by atoms with Crippen LogP contribution in [0.15, 0.2) is 24.3 Å². The number of halogens is 1. The summed E-state index contributed by atoms with van der Waals surface area (Å²) in [6.07, 6.45) is 0. The molecule has 2 aromatic rings. The van der Waals surface area contributed by atoms with Gasteiger partial charge in [-0.25, -0.2) is 4.39 Å². The van der Waals surface area contributed by atoms with E-state index in [4.69, 9.17) is 0 Å². The van der Waals surface area contributed by atoms with Gasteiger partial charge in [-0.05, 0) is 37.3 Å². The molecule has 0 spiro atoms. The van der Waals surface area contributed by atoms with E-state index in [0.717, 1.165) is 21.9 Å². The quantitative estimate of drug-likeness (QED) is 0.588. The summed E-state index contributed by atoms with van der Waals surface area (Å²) in [6, 6.07) is 7.86. The van der Waals surface area contributed by atoms with E-state index in [0.29, 0.717) is 0 Å². The van der Waals surface area contributed by atoms with E-state index in [1.165, 1.54) is 5.56 Å². The van der Waals surface area contributed by atoms with Gasteiger partial charge in [-0.2, -0.15) is 0 Å². The van der Waals surface area contributed by atoms with Crippen LogP contribution in [0.5, 0.6) is 0 Å². The minimum atomic E-state index is -0.0833. The van der Waals surface area contributed by atoms with Crippen molar-refractivity contribution in [1.29, 1.82) is 0 Å². The average Bonchev–Trinajstić information content (AvgIpc) is 2.14. The van der Waals surface area contributed by atoms with Gasteiger partial charge in [-0.1, -0.05) is 29.8 Å². The van der Waals surface area contributed by atoms with E-state index in [1.54, 1.807) is 0 Å². The minimum absolute atomic E-state index is 0.0833. The molecule has 0 bridgehead atoms. The molecule has 0 nitrogen and oxygen atoms in total. The van der Waals surface area contributed by atoms with E-state index in [9.17, 15) is 4.39 Å². The molecule has 2 rings (SSSR count). The van der Waals surface area contributed by atoms with Gasteiger partial charge < -0.3 is 0 Å². The summed E-state index contributed by atoms with van der Waals surface area (Å²) in [5, 5.41) is 1.71. The summed E-state index contributed by atoms with van der Waals surface area (Å²) < 4.78 is 13.8. The summed E-state index contributed by atoms with van der Waals surface area (Å²) in [7, 11) is 0. The Morgan fingerprint density at radius 3 is 2.43 bits per heavy atom. The number of benzene rings is 2. The first-order valence-electron chi connectivity index (χ1n) is 4.75. The summed E-state index contributed by atoms with van der Waals surface area (Å²) >= 11 is 0. The van der Waals surface area contributed by atoms with Gasteiger partial charge in [0, 0.05) is 5.39 Å². The third kappa shape index (κ3) is 1.29. The average molecular weight is 188 g/mol. The topological polar surface area (TPSA) is 0 Å². The Balaban J connectivity index is 2.91. The van der Waals surface area contributed by atoms with Crippen LogP contribution in [0.2, 0.25) is 0 Å². The van der Waals surface area contributed by atoms with E-state index in [2.05, 4.69) is 0 Å². The number of hydrogen-bond donors (Lipinski definition) is 0. The highest BCUT2D eigenvalue weighted by molar-refractivity contribution is 5.85. The normalized spacial score (nSPS) is 10.9. The maximum atomic E-state index is 13.8. The highest BCUT2D eigenvalue weighted by atomic mass is 19.1. The Morgan fingerprint density at radius 2 is 1.71 bits per heavy atom. The second-order valence-electron chi connectivity index (χ2n) is 3.86. The Hall–Kier alpha value is -1.37. The molecule has 0 unspecified atom stereocenters. The van der Waals surface area contributed by atoms with E-state index < -0.39 is 0 Å². The number of fused-ring (bicyclic) bond motifs is 1. The van der Waals surface area contributed by atoms with Gasteiger partial charge in [-0.15, -0.1) is 0 Å². The van der Waals surface area contributed by atoms with Crippen LogP contribution in [0, 0.1) is 26.6 Å². The summed E-state index contributed by atoms with van der Waals surface area (Å²) in [5.41, 5.74) is 2.93. The smallest absolute Gasteiger partial charge is 0.134 e. The molecule has 72 valence electrons. The van der Waals surface area contributed by atoms with Crippen molar-refractivity contribution in [1.82, 2.24) is 0 Å². The van der Waals surface area contributed by atoms with Crippen molar-refractivity contribution in [2.24, 2.45) is 0 Å². The van der Waals surface area contributed by atoms with Crippen LogP contribution in [0.4, 0.5) is 4.39 Å². The van der Waals surface area contributed by atoms with E-state index in [-0.39, 0.29) is 5.82 Å². The second-order valence-corrected chi connectivity index (χ2v) is 3.86. The van der Waals surface area contributed by atoms with Crippen LogP contribution in [0.3, 0.4) is 0 Å². The fraction of sp³-hybridized carbons (Fsp3) is 0.231. The predicted molar refractivity (Wildman–Crippen MR) is 58.1 cm³/mol. The first-order valence-corrected chi connectivity index (χ1v) is 4.75. The van der Waals surface area contributed by atoms with Crippen LogP contribution < -0.4 is 0 Å². The fourth-order valence-corrected chi connectivity index (χ4v) is 1.72. The monoisotopic (exact) mass is 188 g/mol. The molecule has 2 aromatic carbocycles. The molecule has 0 N–H and O–H groups in total. The van der Waals surface area contributed by atoms with Crippen LogP contribution in [-0.4, -0.2) is 0 Å². The van der Waals surface area contributed by atoms with Gasteiger partial charge >= 0.3 is 0 Å². The highest BCUT2D eigenvalue weighted by Crippen LogP contribution is 2.24. The highest BCUT2D eigenvalue weighted by Gasteiger charge is 2.06. The van der Waals surface area contributed by atoms with Crippen LogP contribution in [0.1, 0.15) is 16.7 Å². The zero-order valence-corrected chi connectivity index (χ0v) is 8.69. The SMILES string of the molecule is Cc1ccc2c(F)c(C)c(C)cc2c1. The largest absolute Gasteiger partial charge is 0.206 e. The van der Waals surface area contributed by atoms with Gasteiger partial charge in [-0.3, -0.25) is 0 Å². The van der Waals surface area contributed by atoms with Gasteiger partial charge in [0.2, 0.25) is 0 Å². The predicted octanol–water partition coefficient (Wildman–Crippen LogP) is 3.90. The van der Waals surface area contributed by atoms with E-state index >= 15 is 0 Å². The zero-order valence-electron chi connectivity index (χ0n) is 8.69. The lowest BCUT2D eigenvalue weighted by atomic mass is 10.0. The molecule has 0 atom stereocenters. The van der Waals surface area contributed by atoms with Gasteiger partial charge in [0.15, 0.2) is 0 Å². The third-order valence-corrected chi connectivity index (χ3v) is 2.74. The van der Waals surface area contributed by atoms with Crippen molar-refractivity contribution in [3.8, 4) is 0 Å². The lowest BCUT2D eigenvalue weighted by Crippen LogP contribution is -1.90. The summed E-state index contributed by atoms with van der Waals surface area (Å²) in [4.78, 5) is 0. The number of hydrogen-bond acceptors (Lipinski definition) is 0. The molecule has 0 aliphatic heterocycles. The van der Waals surface area contributed by atoms with Gasteiger partial charge in [0.25, 0.3) is 0 Å². The van der Waals surface area contributed by atoms with Crippen molar-refractivity contribution in [3.63, 3.8) is 0 Å². The molecule has 0 heterocycles. The molecule has 0 radical (unpaired) electrons. The molecular weight excluding hydrogens is 175 g/mol. The lowest BCUT2D eigenvalue weighted by molar-refractivity contribution is 0.629. The Labute approximate surface area is 83.4 Å². The first-order chi connectivity index (χ1) is 6.59. The Kier molecular flexibility index (Phi) is 2.03. The van der Waals surface area contributed by atoms with Gasteiger partial charge in [0.1, 0.15) is 5.82 Å². The maximum Gasteiger partial charge on any atom is 0.134 e. The summed E-state index contributed by atoms with van der Waals surface area (Å²) in [6.45, 7) is 5.79. The zero-order chi connectivity index (χ0) is 10.3. The molecular formula is C13H13F. The van der Waals surface area contributed by atoms with Crippen molar-refractivity contribution in [2.45, 2.75) is 20.8 Å². The van der Waals surface area contributed by atoms with E-state index in [1.807, 2.05) is 45.0 Å². The molecule has 0 aliphatic carbocycles. The van der Waals surface area contributed by atoms with Crippen molar-refractivity contribution in [2.75, 3.05) is 0 Å². The third-order valence-electron chi connectivity index (χ3n) is 2.74. The lowest BCUT2D eigenvalue weighted by Gasteiger charge is -2.07. The van der Waals surface area contributed by atoms with Crippen molar-refractivity contribution in [3.05, 3.63) is 46.8 Å².